The molecule has 1 fully saturated rings. The third-order valence-electron chi connectivity index (χ3n) is 4.36. The summed E-state index contributed by atoms with van der Waals surface area (Å²) in [5.74, 6) is -0.603. The van der Waals surface area contributed by atoms with Crippen LogP contribution in [0, 0.1) is 5.92 Å². The SMILES string of the molecule is CC(C)C(=O)Nc1nc2c(ncn2[C@@H]2O[C@H](CO)[C@@H](O)[C@H]2O)c(=O)n1C. The number of carbonyl (C=O) groups excluding carboxylic acids is 1. The number of ether oxygens (including phenoxy) is 1. The standard InChI is InChI=1S/C15H21N5O6/c1-6(2)12(24)18-15-17-11-8(13(25)19(15)3)16-5-20(11)14-10(23)9(22)7(4-21)26-14/h5-7,9-10,14,21-23H,4H2,1-3H3,(H,17,18,24)/t7-,9-,10-,14-/m1/s1. The maximum Gasteiger partial charge on any atom is 0.282 e. The monoisotopic (exact) mass is 367 g/mol. The lowest BCUT2D eigenvalue weighted by Crippen LogP contribution is -2.33. The molecule has 1 saturated heterocycles. The summed E-state index contributed by atoms with van der Waals surface area (Å²) in [7, 11) is 1.45. The molecule has 11 heteroatoms. The van der Waals surface area contributed by atoms with E-state index in [0.717, 1.165) is 4.57 Å². The zero-order chi connectivity index (χ0) is 19.2. The van der Waals surface area contributed by atoms with E-state index in [-0.39, 0.29) is 28.9 Å². The number of aromatic nitrogens is 4. The Morgan fingerprint density at radius 1 is 1.38 bits per heavy atom. The molecule has 0 aliphatic carbocycles. The summed E-state index contributed by atoms with van der Waals surface area (Å²) in [4.78, 5) is 32.7. The Morgan fingerprint density at radius 2 is 2.08 bits per heavy atom. The van der Waals surface area contributed by atoms with Crippen molar-refractivity contribution in [3.05, 3.63) is 16.7 Å². The highest BCUT2D eigenvalue weighted by atomic mass is 16.6. The van der Waals surface area contributed by atoms with Crippen molar-refractivity contribution in [1.82, 2.24) is 19.1 Å². The van der Waals surface area contributed by atoms with E-state index in [2.05, 4.69) is 15.3 Å². The van der Waals surface area contributed by atoms with E-state index >= 15 is 0 Å². The van der Waals surface area contributed by atoms with Gasteiger partial charge in [-0.15, -0.1) is 0 Å². The van der Waals surface area contributed by atoms with Crippen molar-refractivity contribution >= 4 is 23.0 Å². The number of nitrogens with zero attached hydrogens (tertiary/aromatic N) is 4. The van der Waals surface area contributed by atoms with Crippen molar-refractivity contribution in [2.45, 2.75) is 38.4 Å². The third-order valence-corrected chi connectivity index (χ3v) is 4.36. The number of fused-ring (bicyclic) bond motifs is 1. The van der Waals surface area contributed by atoms with Gasteiger partial charge in [-0.05, 0) is 0 Å². The minimum absolute atomic E-state index is 0.0211. The molecule has 3 rings (SSSR count). The molecule has 1 aliphatic rings. The Balaban J connectivity index is 2.07. The highest BCUT2D eigenvalue weighted by Crippen LogP contribution is 2.31. The molecule has 0 spiro atoms. The van der Waals surface area contributed by atoms with Gasteiger partial charge in [-0.25, -0.2) is 4.98 Å². The number of carbonyl (C=O) groups is 1. The fraction of sp³-hybridized carbons (Fsp3) is 0.600. The summed E-state index contributed by atoms with van der Waals surface area (Å²) in [6, 6.07) is 0. The molecule has 142 valence electrons. The van der Waals surface area contributed by atoms with E-state index in [9.17, 15) is 24.9 Å². The van der Waals surface area contributed by atoms with Crippen molar-refractivity contribution in [3.8, 4) is 0 Å². The average molecular weight is 367 g/mol. The number of aliphatic hydroxyl groups is 3. The normalized spacial score (nSPS) is 26.0. The van der Waals surface area contributed by atoms with Crippen LogP contribution in [0.5, 0.6) is 0 Å². The average Bonchev–Trinajstić information content (AvgIpc) is 3.14. The number of rotatable bonds is 4. The molecule has 4 N–H and O–H groups in total. The summed E-state index contributed by atoms with van der Waals surface area (Å²) >= 11 is 0. The Bertz CT molecular complexity index is 891. The molecule has 2 aromatic heterocycles. The molecule has 3 heterocycles. The Morgan fingerprint density at radius 3 is 2.65 bits per heavy atom. The molecular formula is C15H21N5O6. The van der Waals surface area contributed by atoms with Crippen LogP contribution in [-0.2, 0) is 16.6 Å². The quantitative estimate of drug-likeness (QED) is 0.501. The molecule has 26 heavy (non-hydrogen) atoms. The van der Waals surface area contributed by atoms with Crippen LogP contribution >= 0.6 is 0 Å². The molecular weight excluding hydrogens is 346 g/mol. The van der Waals surface area contributed by atoms with Gasteiger partial charge in [0.25, 0.3) is 5.56 Å². The molecule has 0 aromatic carbocycles. The van der Waals surface area contributed by atoms with Crippen LogP contribution in [0.25, 0.3) is 11.2 Å². The van der Waals surface area contributed by atoms with Crippen LogP contribution in [0.4, 0.5) is 5.95 Å². The lowest BCUT2D eigenvalue weighted by Gasteiger charge is -2.17. The van der Waals surface area contributed by atoms with Crippen molar-refractivity contribution in [3.63, 3.8) is 0 Å². The zero-order valence-electron chi connectivity index (χ0n) is 14.5. The van der Waals surface area contributed by atoms with Crippen LogP contribution in [0.2, 0.25) is 0 Å². The van der Waals surface area contributed by atoms with Gasteiger partial charge in [0, 0.05) is 13.0 Å². The molecule has 0 saturated carbocycles. The highest BCUT2D eigenvalue weighted by molar-refractivity contribution is 5.91. The summed E-state index contributed by atoms with van der Waals surface area (Å²) in [5, 5.41) is 31.9. The van der Waals surface area contributed by atoms with Crippen molar-refractivity contribution in [1.29, 1.82) is 0 Å². The van der Waals surface area contributed by atoms with Crippen LogP contribution in [-0.4, -0.2) is 65.2 Å². The zero-order valence-corrected chi connectivity index (χ0v) is 14.5. The van der Waals surface area contributed by atoms with Gasteiger partial charge in [-0.2, -0.15) is 4.98 Å². The molecule has 2 aromatic rings. The molecule has 11 nitrogen and oxygen atoms in total. The first-order chi connectivity index (χ1) is 12.3. The van der Waals surface area contributed by atoms with E-state index in [1.54, 1.807) is 13.8 Å². The van der Waals surface area contributed by atoms with Gasteiger partial charge in [0.1, 0.15) is 18.3 Å². The number of imidazole rings is 1. The topological polar surface area (TPSA) is 152 Å². The van der Waals surface area contributed by atoms with E-state index in [0.29, 0.717) is 0 Å². The van der Waals surface area contributed by atoms with Crippen LogP contribution in [0.15, 0.2) is 11.1 Å². The van der Waals surface area contributed by atoms with Crippen LogP contribution in [0.1, 0.15) is 20.1 Å². The number of aliphatic hydroxyl groups excluding tert-OH is 3. The smallest absolute Gasteiger partial charge is 0.282 e. The minimum atomic E-state index is -1.34. The molecule has 0 radical (unpaired) electrons. The first-order valence-electron chi connectivity index (χ1n) is 8.13. The maximum atomic E-state index is 12.5. The third kappa shape index (κ3) is 2.88. The van der Waals surface area contributed by atoms with Gasteiger partial charge in [-0.1, -0.05) is 13.8 Å². The van der Waals surface area contributed by atoms with Gasteiger partial charge in [-0.3, -0.25) is 24.0 Å². The van der Waals surface area contributed by atoms with Gasteiger partial charge in [0.2, 0.25) is 11.9 Å². The Kier molecular flexibility index (Phi) is 4.80. The van der Waals surface area contributed by atoms with Gasteiger partial charge in [0.05, 0.1) is 12.9 Å². The number of amides is 1. The minimum Gasteiger partial charge on any atom is -0.394 e. The second kappa shape index (κ2) is 6.76. The van der Waals surface area contributed by atoms with E-state index in [1.165, 1.54) is 17.9 Å². The summed E-state index contributed by atoms with van der Waals surface area (Å²) in [6.45, 7) is 2.93. The summed E-state index contributed by atoms with van der Waals surface area (Å²) in [5.41, 5.74) is -0.380. The Hall–Kier alpha value is -2.34. The second-order valence-electron chi connectivity index (χ2n) is 6.50. The number of hydrogen-bond donors (Lipinski definition) is 4. The van der Waals surface area contributed by atoms with E-state index in [4.69, 9.17) is 4.74 Å². The molecule has 0 bridgehead atoms. The summed E-state index contributed by atoms with van der Waals surface area (Å²) in [6.07, 6.45) is -3.44. The van der Waals surface area contributed by atoms with Crippen LogP contribution in [0.3, 0.4) is 0 Å². The van der Waals surface area contributed by atoms with Gasteiger partial charge >= 0.3 is 0 Å². The fourth-order valence-corrected chi connectivity index (χ4v) is 2.71. The summed E-state index contributed by atoms with van der Waals surface area (Å²) < 4.78 is 7.91. The number of hydrogen-bond acceptors (Lipinski definition) is 8. The maximum absolute atomic E-state index is 12.5. The van der Waals surface area contributed by atoms with E-state index < -0.39 is 36.7 Å². The molecule has 1 aliphatic heterocycles. The molecule has 4 atom stereocenters. The van der Waals surface area contributed by atoms with Crippen molar-refractivity contribution in [2.24, 2.45) is 13.0 Å². The largest absolute Gasteiger partial charge is 0.394 e. The first kappa shape index (κ1) is 18.5. The van der Waals surface area contributed by atoms with Gasteiger partial charge < -0.3 is 20.1 Å². The van der Waals surface area contributed by atoms with Crippen molar-refractivity contribution < 1.29 is 24.9 Å². The van der Waals surface area contributed by atoms with E-state index in [1.807, 2.05) is 0 Å². The lowest BCUT2D eigenvalue weighted by molar-refractivity contribution is -0.119. The predicted octanol–water partition coefficient (Wildman–Crippen LogP) is -1.66. The van der Waals surface area contributed by atoms with Crippen LogP contribution < -0.4 is 10.9 Å². The number of nitrogens with one attached hydrogen (secondary N) is 1. The fourth-order valence-electron chi connectivity index (χ4n) is 2.71. The Labute approximate surface area is 147 Å². The van der Waals surface area contributed by atoms with Crippen molar-refractivity contribution in [2.75, 3.05) is 11.9 Å². The molecule has 1 amide bonds. The highest BCUT2D eigenvalue weighted by Gasteiger charge is 2.44. The predicted molar refractivity (Wildman–Crippen MR) is 89.2 cm³/mol. The molecule has 0 unspecified atom stereocenters. The lowest BCUT2D eigenvalue weighted by atomic mass is 10.1. The second-order valence-corrected chi connectivity index (χ2v) is 6.50. The number of anilines is 1. The first-order valence-corrected chi connectivity index (χ1v) is 8.13. The van der Waals surface area contributed by atoms with Gasteiger partial charge in [0.15, 0.2) is 17.4 Å².